The lowest BCUT2D eigenvalue weighted by molar-refractivity contribution is 0.613. The number of rotatable bonds is 5. The van der Waals surface area contributed by atoms with Crippen molar-refractivity contribution in [3.63, 3.8) is 0 Å². The Morgan fingerprint density at radius 2 is 1.62 bits per heavy atom. The molecule has 26 heavy (non-hydrogen) atoms. The van der Waals surface area contributed by atoms with E-state index in [1.807, 2.05) is 19.1 Å². The maximum Gasteiger partial charge on any atom is 0.229 e. The topological polar surface area (TPSA) is 49.8 Å². The lowest BCUT2D eigenvalue weighted by Gasteiger charge is -2.14. The second kappa shape index (κ2) is 7.52. The Balaban J connectivity index is 1.81. The quantitative estimate of drug-likeness (QED) is 0.663. The van der Waals surface area contributed by atoms with E-state index in [-0.39, 0.29) is 5.82 Å². The van der Waals surface area contributed by atoms with Crippen LogP contribution in [0.1, 0.15) is 27.9 Å². The number of halogens is 1. The summed E-state index contributed by atoms with van der Waals surface area (Å²) in [7, 11) is 0. The van der Waals surface area contributed by atoms with Gasteiger partial charge in [-0.1, -0.05) is 35.9 Å². The standard InChI is InChI=1S/C21H23FN4/c1-13-9-14(2)20(15(3)10-13)26-21-24-16(4)11-19(25-21)23-12-17-7-5-6-8-18(17)22/h5-11H,12H2,1-4H3,(H2,23,24,25,26). The van der Waals surface area contributed by atoms with Gasteiger partial charge in [-0.15, -0.1) is 0 Å². The maximum absolute atomic E-state index is 13.8. The van der Waals surface area contributed by atoms with Gasteiger partial charge in [-0.25, -0.2) is 9.37 Å². The average molecular weight is 350 g/mol. The van der Waals surface area contributed by atoms with Gasteiger partial charge in [0.25, 0.3) is 0 Å². The van der Waals surface area contributed by atoms with Gasteiger partial charge in [0.1, 0.15) is 11.6 Å². The van der Waals surface area contributed by atoms with Gasteiger partial charge in [0, 0.05) is 29.6 Å². The van der Waals surface area contributed by atoms with Crippen LogP contribution in [0.25, 0.3) is 0 Å². The van der Waals surface area contributed by atoms with Gasteiger partial charge in [-0.3, -0.25) is 0 Å². The number of anilines is 3. The number of nitrogens with zero attached hydrogens (tertiary/aromatic N) is 2. The zero-order chi connectivity index (χ0) is 18.7. The Bertz CT molecular complexity index is 914. The number of nitrogens with one attached hydrogen (secondary N) is 2. The molecule has 0 aliphatic rings. The van der Waals surface area contributed by atoms with Gasteiger partial charge in [-0.05, 0) is 44.9 Å². The third-order valence-electron chi connectivity index (χ3n) is 4.19. The van der Waals surface area contributed by atoms with Gasteiger partial charge in [0.2, 0.25) is 5.95 Å². The van der Waals surface area contributed by atoms with Crippen molar-refractivity contribution in [2.24, 2.45) is 0 Å². The zero-order valence-electron chi connectivity index (χ0n) is 15.5. The number of aryl methyl sites for hydroxylation is 4. The van der Waals surface area contributed by atoms with E-state index in [0.717, 1.165) is 22.5 Å². The summed E-state index contributed by atoms with van der Waals surface area (Å²) in [6, 6.07) is 12.8. The van der Waals surface area contributed by atoms with Crippen LogP contribution in [0.3, 0.4) is 0 Å². The summed E-state index contributed by atoms with van der Waals surface area (Å²) in [6.45, 7) is 8.49. The minimum Gasteiger partial charge on any atom is -0.366 e. The highest BCUT2D eigenvalue weighted by Crippen LogP contribution is 2.25. The molecule has 0 radical (unpaired) electrons. The van der Waals surface area contributed by atoms with Gasteiger partial charge < -0.3 is 10.6 Å². The second-order valence-electron chi connectivity index (χ2n) is 6.56. The summed E-state index contributed by atoms with van der Waals surface area (Å²) in [6.07, 6.45) is 0. The van der Waals surface area contributed by atoms with E-state index >= 15 is 0 Å². The van der Waals surface area contributed by atoms with Crippen LogP contribution in [0.5, 0.6) is 0 Å². The molecular weight excluding hydrogens is 327 g/mol. The van der Waals surface area contributed by atoms with Crippen molar-refractivity contribution in [2.75, 3.05) is 10.6 Å². The van der Waals surface area contributed by atoms with Crippen LogP contribution in [0.4, 0.5) is 21.8 Å². The molecule has 0 amide bonds. The molecule has 0 bridgehead atoms. The van der Waals surface area contributed by atoms with Crippen LogP contribution < -0.4 is 10.6 Å². The molecule has 4 nitrogen and oxygen atoms in total. The number of benzene rings is 2. The zero-order valence-corrected chi connectivity index (χ0v) is 15.5. The molecule has 134 valence electrons. The molecular formula is C21H23FN4. The minimum atomic E-state index is -0.227. The van der Waals surface area contributed by atoms with E-state index in [0.29, 0.717) is 23.9 Å². The summed E-state index contributed by atoms with van der Waals surface area (Å²) in [5.74, 6) is 0.955. The fraction of sp³-hybridized carbons (Fsp3) is 0.238. The molecule has 5 heteroatoms. The first-order chi connectivity index (χ1) is 12.4. The van der Waals surface area contributed by atoms with E-state index in [1.165, 1.54) is 11.6 Å². The molecule has 1 aromatic heterocycles. The van der Waals surface area contributed by atoms with Gasteiger partial charge in [-0.2, -0.15) is 4.98 Å². The van der Waals surface area contributed by atoms with E-state index < -0.39 is 0 Å². The van der Waals surface area contributed by atoms with E-state index in [2.05, 4.69) is 53.5 Å². The number of hydrogen-bond donors (Lipinski definition) is 2. The highest BCUT2D eigenvalue weighted by atomic mass is 19.1. The van der Waals surface area contributed by atoms with Crippen molar-refractivity contribution >= 4 is 17.5 Å². The SMILES string of the molecule is Cc1cc(C)c(Nc2nc(C)cc(NCc3ccccc3F)n2)c(C)c1. The van der Waals surface area contributed by atoms with Gasteiger partial charge in [0.05, 0.1) is 0 Å². The summed E-state index contributed by atoms with van der Waals surface area (Å²) >= 11 is 0. The summed E-state index contributed by atoms with van der Waals surface area (Å²) in [5.41, 5.74) is 5.97. The van der Waals surface area contributed by atoms with Crippen LogP contribution in [-0.4, -0.2) is 9.97 Å². The largest absolute Gasteiger partial charge is 0.366 e. The Morgan fingerprint density at radius 1 is 0.923 bits per heavy atom. The highest BCUT2D eigenvalue weighted by molar-refractivity contribution is 5.64. The summed E-state index contributed by atoms with van der Waals surface area (Å²) < 4.78 is 13.8. The first-order valence-electron chi connectivity index (χ1n) is 8.60. The second-order valence-corrected chi connectivity index (χ2v) is 6.56. The van der Waals surface area contributed by atoms with Crippen LogP contribution in [0, 0.1) is 33.5 Å². The van der Waals surface area contributed by atoms with Gasteiger partial charge in [0.15, 0.2) is 0 Å². The van der Waals surface area contributed by atoms with Gasteiger partial charge >= 0.3 is 0 Å². The third-order valence-corrected chi connectivity index (χ3v) is 4.19. The molecule has 1 heterocycles. The van der Waals surface area contributed by atoms with Crippen LogP contribution in [0.15, 0.2) is 42.5 Å². The minimum absolute atomic E-state index is 0.227. The van der Waals surface area contributed by atoms with E-state index in [4.69, 9.17) is 0 Å². The van der Waals surface area contributed by atoms with E-state index in [1.54, 1.807) is 12.1 Å². The Morgan fingerprint density at radius 3 is 2.31 bits per heavy atom. The molecule has 0 unspecified atom stereocenters. The van der Waals surface area contributed by atoms with Crippen LogP contribution >= 0.6 is 0 Å². The molecule has 0 saturated carbocycles. The van der Waals surface area contributed by atoms with E-state index in [9.17, 15) is 4.39 Å². The van der Waals surface area contributed by atoms with Crippen molar-refractivity contribution in [3.05, 3.63) is 76.2 Å². The fourth-order valence-electron chi connectivity index (χ4n) is 3.03. The van der Waals surface area contributed by atoms with Crippen molar-refractivity contribution in [2.45, 2.75) is 34.2 Å². The monoisotopic (exact) mass is 350 g/mol. The molecule has 2 aromatic carbocycles. The van der Waals surface area contributed by atoms with Crippen LogP contribution in [-0.2, 0) is 6.54 Å². The summed E-state index contributed by atoms with van der Waals surface area (Å²) in [5, 5.41) is 6.50. The molecule has 3 rings (SSSR count). The molecule has 0 spiro atoms. The molecule has 0 saturated heterocycles. The molecule has 2 N–H and O–H groups in total. The average Bonchev–Trinajstić information content (AvgIpc) is 2.57. The molecule has 0 fully saturated rings. The number of aromatic nitrogens is 2. The predicted octanol–water partition coefficient (Wildman–Crippen LogP) is 5.21. The molecule has 3 aromatic rings. The third kappa shape index (κ3) is 4.17. The first kappa shape index (κ1) is 17.9. The normalized spacial score (nSPS) is 10.7. The molecule has 0 atom stereocenters. The smallest absolute Gasteiger partial charge is 0.229 e. The maximum atomic E-state index is 13.8. The lowest BCUT2D eigenvalue weighted by Crippen LogP contribution is -2.07. The van der Waals surface area contributed by atoms with Crippen molar-refractivity contribution < 1.29 is 4.39 Å². The predicted molar refractivity (Wildman–Crippen MR) is 104 cm³/mol. The fourth-order valence-corrected chi connectivity index (χ4v) is 3.03. The first-order valence-corrected chi connectivity index (χ1v) is 8.60. The van der Waals surface area contributed by atoms with Crippen molar-refractivity contribution in [3.8, 4) is 0 Å². The van der Waals surface area contributed by atoms with Crippen molar-refractivity contribution in [1.29, 1.82) is 0 Å². The highest BCUT2D eigenvalue weighted by Gasteiger charge is 2.08. The van der Waals surface area contributed by atoms with Crippen LogP contribution in [0.2, 0.25) is 0 Å². The Kier molecular flexibility index (Phi) is 5.16. The van der Waals surface area contributed by atoms with Crippen molar-refractivity contribution in [1.82, 2.24) is 9.97 Å². The molecule has 0 aliphatic carbocycles. The Labute approximate surface area is 153 Å². The Hall–Kier alpha value is -2.95. The summed E-state index contributed by atoms with van der Waals surface area (Å²) in [4.78, 5) is 8.99. The number of hydrogen-bond acceptors (Lipinski definition) is 4. The molecule has 0 aliphatic heterocycles. The lowest BCUT2D eigenvalue weighted by atomic mass is 10.1.